The van der Waals surface area contributed by atoms with Crippen molar-refractivity contribution >= 4 is 29.0 Å². The van der Waals surface area contributed by atoms with Crippen LogP contribution in [0.2, 0.25) is 0 Å². The minimum Gasteiger partial charge on any atom is -0.326 e. The molecule has 2 aromatic carbocycles. The van der Waals surface area contributed by atoms with Gasteiger partial charge in [-0.15, -0.1) is 0 Å². The van der Waals surface area contributed by atoms with Crippen molar-refractivity contribution in [2.45, 2.75) is 19.8 Å². The van der Waals surface area contributed by atoms with Gasteiger partial charge < -0.3 is 10.6 Å². The third-order valence-corrected chi connectivity index (χ3v) is 3.23. The van der Waals surface area contributed by atoms with Crippen LogP contribution in [-0.2, 0) is 9.59 Å². The molecule has 0 aliphatic heterocycles. The van der Waals surface area contributed by atoms with E-state index < -0.39 is 5.82 Å². The van der Waals surface area contributed by atoms with Gasteiger partial charge in [0.1, 0.15) is 5.82 Å². The van der Waals surface area contributed by atoms with Crippen LogP contribution >= 0.6 is 0 Å². The fraction of sp³-hybridized carbons (Fsp3) is 0.167. The van der Waals surface area contributed by atoms with E-state index in [4.69, 9.17) is 0 Å². The number of benzene rings is 2. The summed E-state index contributed by atoms with van der Waals surface area (Å²) in [5, 5.41) is 5.30. The lowest BCUT2D eigenvalue weighted by atomic mass is 10.1. The van der Waals surface area contributed by atoms with E-state index in [-0.39, 0.29) is 30.4 Å². The number of halogens is 1. The van der Waals surface area contributed by atoms with Crippen LogP contribution in [0.4, 0.5) is 15.8 Å². The van der Waals surface area contributed by atoms with Gasteiger partial charge >= 0.3 is 0 Å². The highest BCUT2D eigenvalue weighted by Crippen LogP contribution is 2.14. The number of amides is 2. The molecule has 2 rings (SSSR count). The van der Waals surface area contributed by atoms with E-state index in [1.165, 1.54) is 31.2 Å². The Bertz CT molecular complexity index is 740. The molecule has 6 heteroatoms. The first-order valence-corrected chi connectivity index (χ1v) is 7.40. The molecule has 0 unspecified atom stereocenters. The number of carbonyl (C=O) groups is 3. The highest BCUT2D eigenvalue weighted by molar-refractivity contribution is 6.00. The highest BCUT2D eigenvalue weighted by Gasteiger charge is 2.10. The first-order chi connectivity index (χ1) is 11.4. The molecule has 2 N–H and O–H groups in total. The molecule has 0 atom stereocenters. The van der Waals surface area contributed by atoms with Crippen LogP contribution in [-0.4, -0.2) is 17.6 Å². The van der Waals surface area contributed by atoms with Gasteiger partial charge in [0.05, 0.1) is 0 Å². The van der Waals surface area contributed by atoms with E-state index in [0.29, 0.717) is 16.9 Å². The number of nitrogens with one attached hydrogen (secondary N) is 2. The Balaban J connectivity index is 1.83. The minimum absolute atomic E-state index is 0.0314. The Morgan fingerprint density at radius 3 is 1.92 bits per heavy atom. The summed E-state index contributed by atoms with van der Waals surface area (Å²) >= 11 is 0. The Kier molecular flexibility index (Phi) is 5.78. The molecule has 0 fully saturated rings. The van der Waals surface area contributed by atoms with Crippen LogP contribution in [0.15, 0.2) is 48.5 Å². The summed E-state index contributed by atoms with van der Waals surface area (Å²) in [6.45, 7) is 1.41. The number of Topliss-reactive ketones (excluding diaryl/α,β-unsaturated/α-hetero) is 1. The van der Waals surface area contributed by atoms with Crippen molar-refractivity contribution in [1.82, 2.24) is 0 Å². The first-order valence-electron chi connectivity index (χ1n) is 7.40. The number of ketones is 1. The molecule has 0 saturated heterocycles. The maximum absolute atomic E-state index is 12.8. The fourth-order valence-electron chi connectivity index (χ4n) is 2.07. The Hall–Kier alpha value is -3.02. The first kappa shape index (κ1) is 17.3. The van der Waals surface area contributed by atoms with Gasteiger partial charge in [0.15, 0.2) is 5.78 Å². The van der Waals surface area contributed by atoms with Crippen molar-refractivity contribution in [3.05, 3.63) is 59.9 Å². The minimum atomic E-state index is -0.410. The number of anilines is 2. The predicted molar refractivity (Wildman–Crippen MR) is 89.3 cm³/mol. The van der Waals surface area contributed by atoms with E-state index in [0.717, 1.165) is 0 Å². The average Bonchev–Trinajstić information content (AvgIpc) is 2.54. The molecule has 124 valence electrons. The molecule has 24 heavy (non-hydrogen) atoms. The van der Waals surface area contributed by atoms with Gasteiger partial charge in [-0.3, -0.25) is 14.4 Å². The molecular weight excluding hydrogens is 311 g/mol. The van der Waals surface area contributed by atoms with Crippen LogP contribution < -0.4 is 10.6 Å². The fourth-order valence-corrected chi connectivity index (χ4v) is 2.07. The van der Waals surface area contributed by atoms with Crippen LogP contribution in [0.25, 0.3) is 0 Å². The standard InChI is InChI=1S/C18H17FN2O3/c1-12(22)20-15-6-8-16(9-7-15)21-18(24)11-10-17(23)13-2-4-14(19)5-3-13/h2-9H,10-11H2,1H3,(H,20,22)(H,21,24). The van der Waals surface area contributed by atoms with Crippen molar-refractivity contribution in [3.8, 4) is 0 Å². The summed E-state index contributed by atoms with van der Waals surface area (Å²) in [6.07, 6.45) is 0.0745. The van der Waals surface area contributed by atoms with Crippen LogP contribution in [0.1, 0.15) is 30.1 Å². The summed E-state index contributed by atoms with van der Waals surface area (Å²) in [4.78, 5) is 34.7. The van der Waals surface area contributed by atoms with Crippen molar-refractivity contribution < 1.29 is 18.8 Å². The third kappa shape index (κ3) is 5.31. The number of rotatable bonds is 6. The highest BCUT2D eigenvalue weighted by atomic mass is 19.1. The second kappa shape index (κ2) is 8.01. The zero-order chi connectivity index (χ0) is 17.5. The van der Waals surface area contributed by atoms with Crippen molar-refractivity contribution in [2.75, 3.05) is 10.6 Å². The number of hydrogen-bond acceptors (Lipinski definition) is 3. The normalized spacial score (nSPS) is 10.1. The van der Waals surface area contributed by atoms with Crippen molar-refractivity contribution in [2.24, 2.45) is 0 Å². The van der Waals surface area contributed by atoms with Gasteiger partial charge in [0.2, 0.25) is 11.8 Å². The molecule has 0 bridgehead atoms. The molecule has 0 aliphatic carbocycles. The largest absolute Gasteiger partial charge is 0.326 e. The van der Waals surface area contributed by atoms with Crippen molar-refractivity contribution in [1.29, 1.82) is 0 Å². The lowest BCUT2D eigenvalue weighted by Crippen LogP contribution is -2.13. The lowest BCUT2D eigenvalue weighted by molar-refractivity contribution is -0.116. The second-order valence-electron chi connectivity index (χ2n) is 5.24. The zero-order valence-electron chi connectivity index (χ0n) is 13.1. The molecule has 0 radical (unpaired) electrons. The van der Waals surface area contributed by atoms with Gasteiger partial charge in [-0.2, -0.15) is 0 Å². The van der Waals surface area contributed by atoms with E-state index >= 15 is 0 Å². The summed E-state index contributed by atoms with van der Waals surface area (Å²) in [6, 6.07) is 11.9. The Morgan fingerprint density at radius 1 is 0.833 bits per heavy atom. The Labute approximate surface area is 138 Å². The monoisotopic (exact) mass is 328 g/mol. The van der Waals surface area contributed by atoms with Gasteiger partial charge in [-0.1, -0.05) is 0 Å². The molecule has 5 nitrogen and oxygen atoms in total. The molecule has 2 aromatic rings. The van der Waals surface area contributed by atoms with E-state index in [2.05, 4.69) is 10.6 Å². The molecule has 0 aromatic heterocycles. The maximum atomic E-state index is 12.8. The third-order valence-electron chi connectivity index (χ3n) is 3.23. The number of hydrogen-bond donors (Lipinski definition) is 2. The van der Waals surface area contributed by atoms with Crippen LogP contribution in [0.3, 0.4) is 0 Å². The molecule has 2 amide bonds. The quantitative estimate of drug-likeness (QED) is 0.798. The molecule has 0 saturated carbocycles. The molecular formula is C18H17FN2O3. The van der Waals surface area contributed by atoms with Crippen molar-refractivity contribution in [3.63, 3.8) is 0 Å². The predicted octanol–water partition coefficient (Wildman–Crippen LogP) is 3.39. The van der Waals surface area contributed by atoms with Crippen LogP contribution in [0.5, 0.6) is 0 Å². The Morgan fingerprint density at radius 2 is 1.38 bits per heavy atom. The molecule has 0 aliphatic rings. The summed E-state index contributed by atoms with van der Waals surface area (Å²) < 4.78 is 12.8. The van der Waals surface area contributed by atoms with Gasteiger partial charge in [0, 0.05) is 36.7 Å². The van der Waals surface area contributed by atoms with E-state index in [1.807, 2.05) is 0 Å². The summed E-state index contributed by atoms with van der Waals surface area (Å²) in [5.74, 6) is -1.10. The second-order valence-corrected chi connectivity index (χ2v) is 5.24. The zero-order valence-corrected chi connectivity index (χ0v) is 13.1. The smallest absolute Gasteiger partial charge is 0.224 e. The van der Waals surface area contributed by atoms with Crippen LogP contribution in [0, 0.1) is 5.82 Å². The van der Waals surface area contributed by atoms with Gasteiger partial charge in [-0.05, 0) is 48.5 Å². The van der Waals surface area contributed by atoms with Gasteiger partial charge in [0.25, 0.3) is 0 Å². The van der Waals surface area contributed by atoms with Gasteiger partial charge in [-0.25, -0.2) is 4.39 Å². The molecule has 0 spiro atoms. The average molecular weight is 328 g/mol. The molecule has 0 heterocycles. The number of carbonyl (C=O) groups excluding carboxylic acids is 3. The topological polar surface area (TPSA) is 75.3 Å². The summed E-state index contributed by atoms with van der Waals surface area (Å²) in [7, 11) is 0. The summed E-state index contributed by atoms with van der Waals surface area (Å²) in [5.41, 5.74) is 1.58. The SMILES string of the molecule is CC(=O)Nc1ccc(NC(=O)CCC(=O)c2ccc(F)cc2)cc1. The van der Waals surface area contributed by atoms with E-state index in [9.17, 15) is 18.8 Å². The lowest BCUT2D eigenvalue weighted by Gasteiger charge is -2.07. The van der Waals surface area contributed by atoms with E-state index in [1.54, 1.807) is 24.3 Å². The maximum Gasteiger partial charge on any atom is 0.224 e.